The number of alkyl halides is 1. The molecular weight excluding hydrogens is 443 g/mol. The second kappa shape index (κ2) is 9.67. The highest BCUT2D eigenvalue weighted by atomic mass is 19.2. The molecule has 1 fully saturated rings. The molecule has 0 bridgehead atoms. The van der Waals surface area contributed by atoms with Crippen molar-refractivity contribution in [3.63, 3.8) is 0 Å². The van der Waals surface area contributed by atoms with E-state index in [-0.39, 0.29) is 19.2 Å². The molecule has 1 aromatic rings. The lowest BCUT2D eigenvalue weighted by Crippen LogP contribution is -2.72. The molecule has 1 aromatic carbocycles. The van der Waals surface area contributed by atoms with Crippen LogP contribution >= 0.6 is 0 Å². The minimum Gasteiger partial charge on any atom is -0.481 e. The van der Waals surface area contributed by atoms with Gasteiger partial charge in [0.15, 0.2) is 23.3 Å². The molecule has 5 unspecified atom stereocenters. The van der Waals surface area contributed by atoms with Crippen molar-refractivity contribution in [2.24, 2.45) is 16.6 Å². The van der Waals surface area contributed by atoms with Gasteiger partial charge in [-0.15, -0.1) is 0 Å². The molecular formula is C20H25F5N2O5. The van der Waals surface area contributed by atoms with E-state index in [1.54, 1.807) is 0 Å². The van der Waals surface area contributed by atoms with Crippen molar-refractivity contribution in [1.82, 2.24) is 5.32 Å². The number of aliphatic carboxylic acids is 2. The van der Waals surface area contributed by atoms with Gasteiger partial charge in [0.2, 0.25) is 0 Å². The maximum Gasteiger partial charge on any atom is 0.311 e. The molecule has 0 aliphatic carbocycles. The summed E-state index contributed by atoms with van der Waals surface area (Å²) in [6.07, 6.45) is -0.435. The summed E-state index contributed by atoms with van der Waals surface area (Å²) in [4.78, 5) is 24.9. The van der Waals surface area contributed by atoms with Crippen molar-refractivity contribution >= 4 is 11.9 Å². The summed E-state index contributed by atoms with van der Waals surface area (Å²) in [5, 5.41) is 22.8. The largest absolute Gasteiger partial charge is 0.481 e. The molecule has 5 N–H and O–H groups in total. The molecule has 0 aromatic heterocycles. The van der Waals surface area contributed by atoms with Gasteiger partial charge in [-0.1, -0.05) is 6.92 Å². The van der Waals surface area contributed by atoms with Crippen molar-refractivity contribution in [2.45, 2.75) is 38.3 Å². The van der Waals surface area contributed by atoms with Gasteiger partial charge in [-0.25, -0.2) is 22.0 Å². The zero-order valence-electron chi connectivity index (χ0n) is 17.4. The Morgan fingerprint density at radius 2 is 1.69 bits per heavy atom. The predicted octanol–water partition coefficient (Wildman–Crippen LogP) is 2.18. The fraction of sp³-hybridized carbons (Fsp3) is 0.600. The zero-order chi connectivity index (χ0) is 24.4. The minimum absolute atomic E-state index is 0.0418. The molecule has 12 heteroatoms. The average Bonchev–Trinajstić information content (AvgIpc) is 2.73. The van der Waals surface area contributed by atoms with Crippen LogP contribution in [0.5, 0.6) is 0 Å². The third-order valence-electron chi connectivity index (χ3n) is 6.44. The number of benzene rings is 1. The summed E-state index contributed by atoms with van der Waals surface area (Å²) in [5.74, 6) is -13.3. The molecule has 1 aliphatic heterocycles. The van der Waals surface area contributed by atoms with Crippen LogP contribution in [-0.2, 0) is 14.3 Å². The first kappa shape index (κ1) is 25.9. The van der Waals surface area contributed by atoms with E-state index in [0.717, 1.165) is 6.92 Å². The summed E-state index contributed by atoms with van der Waals surface area (Å²) < 4.78 is 77.4. The highest BCUT2D eigenvalue weighted by Crippen LogP contribution is 2.58. The normalized spacial score (nSPS) is 30.3. The van der Waals surface area contributed by atoms with E-state index in [2.05, 4.69) is 5.32 Å². The highest BCUT2D eigenvalue weighted by Gasteiger charge is 2.67. The summed E-state index contributed by atoms with van der Waals surface area (Å²) in [7, 11) is 0. The van der Waals surface area contributed by atoms with Crippen molar-refractivity contribution in [3.8, 4) is 0 Å². The van der Waals surface area contributed by atoms with Gasteiger partial charge in [-0.3, -0.25) is 9.59 Å². The van der Waals surface area contributed by atoms with Crippen molar-refractivity contribution in [1.29, 1.82) is 0 Å². The Morgan fingerprint density at radius 1 is 1.12 bits per heavy atom. The number of ether oxygens (including phenoxy) is 1. The number of rotatable bonds is 9. The first-order valence-electron chi connectivity index (χ1n) is 9.84. The molecule has 0 radical (unpaired) electrons. The third-order valence-corrected chi connectivity index (χ3v) is 6.44. The second-order valence-electron chi connectivity index (χ2n) is 7.89. The van der Waals surface area contributed by atoms with Crippen LogP contribution in [0, 0.1) is 34.1 Å². The van der Waals surface area contributed by atoms with Gasteiger partial charge in [0.1, 0.15) is 6.67 Å². The lowest BCUT2D eigenvalue weighted by atomic mass is 9.51. The third kappa shape index (κ3) is 3.84. The van der Waals surface area contributed by atoms with Gasteiger partial charge >= 0.3 is 11.9 Å². The van der Waals surface area contributed by atoms with E-state index in [0.29, 0.717) is 0 Å². The quantitative estimate of drug-likeness (QED) is 0.249. The zero-order valence-corrected chi connectivity index (χ0v) is 17.4. The number of carbonyl (C=O) groups is 2. The van der Waals surface area contributed by atoms with Crippen LogP contribution in [0.1, 0.15) is 31.7 Å². The minimum atomic E-state index is -2.52. The fourth-order valence-electron chi connectivity index (χ4n) is 4.74. The molecule has 0 amide bonds. The van der Waals surface area contributed by atoms with E-state index in [1.165, 1.54) is 6.92 Å². The maximum atomic E-state index is 14.9. The number of nitrogens with one attached hydrogen (secondary N) is 1. The van der Waals surface area contributed by atoms with E-state index >= 15 is 0 Å². The Hall–Kier alpha value is -2.31. The van der Waals surface area contributed by atoms with Crippen LogP contribution in [0.15, 0.2) is 6.07 Å². The van der Waals surface area contributed by atoms with E-state index in [4.69, 9.17) is 10.5 Å². The Morgan fingerprint density at radius 3 is 2.09 bits per heavy atom. The number of carboxylic acids is 2. The Labute approximate surface area is 180 Å². The van der Waals surface area contributed by atoms with Gasteiger partial charge in [-0.05, 0) is 13.3 Å². The van der Waals surface area contributed by atoms with Crippen LogP contribution in [0.3, 0.4) is 0 Å². The smallest absolute Gasteiger partial charge is 0.311 e. The van der Waals surface area contributed by atoms with Crippen molar-refractivity contribution in [2.75, 3.05) is 26.4 Å². The van der Waals surface area contributed by atoms with Crippen LogP contribution in [0.2, 0.25) is 0 Å². The molecule has 0 saturated carbocycles. The summed E-state index contributed by atoms with van der Waals surface area (Å²) >= 11 is 0. The molecule has 0 spiro atoms. The first-order valence-corrected chi connectivity index (χ1v) is 9.84. The van der Waals surface area contributed by atoms with Crippen molar-refractivity contribution in [3.05, 3.63) is 34.9 Å². The number of nitrogens with two attached hydrogens (primary N) is 1. The molecule has 5 atom stereocenters. The summed E-state index contributed by atoms with van der Waals surface area (Å²) in [5.41, 5.74) is -0.923. The summed E-state index contributed by atoms with van der Waals surface area (Å²) in [6.45, 7) is 0.371. The van der Waals surface area contributed by atoms with Crippen LogP contribution in [-0.4, -0.2) is 60.7 Å². The SMILES string of the molecule is CCC1(C(=O)O)C(COCCN)NC(CF)C(C)(C(=O)O)C1c1c(F)c(F)cc(F)c1F. The molecule has 1 aliphatic rings. The van der Waals surface area contributed by atoms with Crippen LogP contribution in [0.25, 0.3) is 0 Å². The Bertz CT molecular complexity index is 862. The van der Waals surface area contributed by atoms with E-state index in [1.807, 2.05) is 0 Å². The monoisotopic (exact) mass is 468 g/mol. The lowest BCUT2D eigenvalue weighted by molar-refractivity contribution is -0.175. The second-order valence-corrected chi connectivity index (χ2v) is 7.89. The van der Waals surface area contributed by atoms with Gasteiger partial charge in [0.25, 0.3) is 0 Å². The average molecular weight is 468 g/mol. The first-order chi connectivity index (χ1) is 14.9. The lowest BCUT2D eigenvalue weighted by Gasteiger charge is -2.56. The standard InChI is InChI=1S/C20H25F5N2O5/c1-3-20(18(30)31)12(8-32-5-4-26)27-11(7-21)19(2,17(28)29)16(20)13-14(24)9(22)6-10(23)15(13)25/h6,11-12,16,27H,3-5,7-8,26H2,1-2H3,(H,28,29)(H,30,31). The molecule has 2 rings (SSSR count). The maximum absolute atomic E-state index is 14.9. The number of hydrogen-bond acceptors (Lipinski definition) is 5. The Balaban J connectivity index is 2.96. The topological polar surface area (TPSA) is 122 Å². The van der Waals surface area contributed by atoms with Gasteiger partial charge in [0, 0.05) is 30.1 Å². The van der Waals surface area contributed by atoms with Crippen LogP contribution < -0.4 is 11.1 Å². The molecule has 1 heterocycles. The fourth-order valence-corrected chi connectivity index (χ4v) is 4.74. The van der Waals surface area contributed by atoms with Gasteiger partial charge < -0.3 is 26.0 Å². The molecule has 32 heavy (non-hydrogen) atoms. The number of halogens is 5. The van der Waals surface area contributed by atoms with E-state index < -0.39 is 89.3 Å². The summed E-state index contributed by atoms with van der Waals surface area (Å²) in [6, 6.07) is -3.11. The van der Waals surface area contributed by atoms with Gasteiger partial charge in [-0.2, -0.15) is 0 Å². The van der Waals surface area contributed by atoms with Gasteiger partial charge in [0.05, 0.1) is 30.1 Å². The Kier molecular flexibility index (Phi) is 7.84. The number of hydrogen-bond donors (Lipinski definition) is 4. The molecule has 180 valence electrons. The van der Waals surface area contributed by atoms with E-state index in [9.17, 15) is 41.8 Å². The predicted molar refractivity (Wildman–Crippen MR) is 102 cm³/mol. The molecule has 1 saturated heterocycles. The molecule has 7 nitrogen and oxygen atoms in total. The number of piperidine rings is 1. The number of carboxylic acid groups (broad SMARTS) is 2. The highest BCUT2D eigenvalue weighted by molar-refractivity contribution is 5.84. The van der Waals surface area contributed by atoms with Crippen molar-refractivity contribution < 1.29 is 46.5 Å². The van der Waals surface area contributed by atoms with Crippen LogP contribution in [0.4, 0.5) is 22.0 Å².